The van der Waals surface area contributed by atoms with Crippen molar-refractivity contribution >= 4 is 11.3 Å². The van der Waals surface area contributed by atoms with Crippen LogP contribution in [0.5, 0.6) is 0 Å². The lowest BCUT2D eigenvalue weighted by molar-refractivity contribution is 0.0607. The zero-order chi connectivity index (χ0) is 11.3. The first-order valence-electron chi connectivity index (χ1n) is 5.26. The van der Waals surface area contributed by atoms with E-state index in [1.54, 1.807) is 18.4 Å². The van der Waals surface area contributed by atoms with Gasteiger partial charge >= 0.3 is 0 Å². The van der Waals surface area contributed by atoms with Crippen LogP contribution in [0.3, 0.4) is 0 Å². The Morgan fingerprint density at radius 2 is 2.33 bits per heavy atom. The van der Waals surface area contributed by atoms with E-state index in [0.29, 0.717) is 0 Å². The van der Waals surface area contributed by atoms with Gasteiger partial charge in [-0.15, -0.1) is 11.3 Å². The minimum absolute atomic E-state index is 0.0971. The van der Waals surface area contributed by atoms with E-state index in [0.717, 1.165) is 12.8 Å². The number of hydrazine groups is 1. The van der Waals surface area contributed by atoms with Crippen LogP contribution >= 0.6 is 11.3 Å². The van der Waals surface area contributed by atoms with Crippen molar-refractivity contribution in [3.63, 3.8) is 0 Å². The molecule has 4 heteroatoms. The number of aryl methyl sites for hydroxylation is 1. The van der Waals surface area contributed by atoms with Gasteiger partial charge in [-0.2, -0.15) is 0 Å². The average molecular weight is 228 g/mol. The van der Waals surface area contributed by atoms with Crippen molar-refractivity contribution in [2.75, 3.05) is 7.11 Å². The first-order valence-corrected chi connectivity index (χ1v) is 6.14. The number of methoxy groups -OCH3 is 1. The summed E-state index contributed by atoms with van der Waals surface area (Å²) < 4.78 is 5.47. The lowest BCUT2D eigenvalue weighted by atomic mass is 10.0. The second-order valence-electron chi connectivity index (χ2n) is 3.70. The molecule has 0 amide bonds. The van der Waals surface area contributed by atoms with Crippen LogP contribution in [-0.2, 0) is 4.74 Å². The van der Waals surface area contributed by atoms with Gasteiger partial charge in [0.1, 0.15) is 0 Å². The van der Waals surface area contributed by atoms with E-state index in [-0.39, 0.29) is 12.1 Å². The van der Waals surface area contributed by atoms with E-state index in [1.165, 1.54) is 10.4 Å². The van der Waals surface area contributed by atoms with E-state index in [2.05, 4.69) is 30.7 Å². The Kier molecular flexibility index (Phi) is 5.25. The molecule has 86 valence electrons. The molecule has 15 heavy (non-hydrogen) atoms. The van der Waals surface area contributed by atoms with E-state index in [9.17, 15) is 0 Å². The van der Waals surface area contributed by atoms with E-state index in [4.69, 9.17) is 10.6 Å². The Balaban J connectivity index is 2.76. The molecule has 0 radical (unpaired) electrons. The Bertz CT molecular complexity index is 288. The molecular formula is C11H20N2OS. The molecule has 0 aromatic carbocycles. The van der Waals surface area contributed by atoms with Crippen LogP contribution in [0.25, 0.3) is 0 Å². The quantitative estimate of drug-likeness (QED) is 0.580. The number of nitrogens with two attached hydrogens (primary N) is 1. The first-order chi connectivity index (χ1) is 7.22. The lowest BCUT2D eigenvalue weighted by Gasteiger charge is -2.24. The normalized spacial score (nSPS) is 15.2. The largest absolute Gasteiger partial charge is 0.379 e. The highest BCUT2D eigenvalue weighted by Gasteiger charge is 2.21. The Labute approximate surface area is 95.6 Å². The predicted octanol–water partition coefficient (Wildman–Crippen LogP) is 2.38. The van der Waals surface area contributed by atoms with Gasteiger partial charge in [0.2, 0.25) is 0 Å². The highest BCUT2D eigenvalue weighted by atomic mass is 32.1. The maximum atomic E-state index is 5.60. The second kappa shape index (κ2) is 6.23. The molecule has 1 rings (SSSR count). The minimum atomic E-state index is 0.0971. The standard InChI is InChI=1S/C11H20N2OS/c1-4-5-10(14-3)11(13-12)9-6-8(2)15-7-9/h6-7,10-11,13H,4-5,12H2,1-3H3. The van der Waals surface area contributed by atoms with Gasteiger partial charge < -0.3 is 4.74 Å². The molecule has 3 N–H and O–H groups in total. The van der Waals surface area contributed by atoms with Gasteiger partial charge in [-0.25, -0.2) is 0 Å². The summed E-state index contributed by atoms with van der Waals surface area (Å²) in [5, 5.41) is 2.14. The fraction of sp³-hybridized carbons (Fsp3) is 0.636. The second-order valence-corrected chi connectivity index (χ2v) is 4.81. The number of ether oxygens (including phenoxy) is 1. The molecule has 0 saturated carbocycles. The van der Waals surface area contributed by atoms with Gasteiger partial charge in [0, 0.05) is 12.0 Å². The van der Waals surface area contributed by atoms with Gasteiger partial charge in [-0.3, -0.25) is 11.3 Å². The molecule has 0 saturated heterocycles. The van der Waals surface area contributed by atoms with Gasteiger partial charge in [-0.1, -0.05) is 13.3 Å². The summed E-state index contributed by atoms with van der Waals surface area (Å²) >= 11 is 1.74. The zero-order valence-corrected chi connectivity index (χ0v) is 10.4. The predicted molar refractivity (Wildman–Crippen MR) is 64.8 cm³/mol. The maximum Gasteiger partial charge on any atom is 0.0779 e. The molecule has 0 aliphatic carbocycles. The Morgan fingerprint density at radius 3 is 2.73 bits per heavy atom. The van der Waals surface area contributed by atoms with Crippen LogP contribution in [0.15, 0.2) is 11.4 Å². The smallest absolute Gasteiger partial charge is 0.0779 e. The van der Waals surface area contributed by atoms with Crippen molar-refractivity contribution in [1.29, 1.82) is 0 Å². The van der Waals surface area contributed by atoms with Crippen molar-refractivity contribution in [2.24, 2.45) is 5.84 Å². The minimum Gasteiger partial charge on any atom is -0.379 e. The molecule has 0 spiro atoms. The number of nitrogens with one attached hydrogen (secondary N) is 1. The number of hydrogen-bond acceptors (Lipinski definition) is 4. The molecule has 0 aliphatic rings. The Morgan fingerprint density at radius 1 is 1.60 bits per heavy atom. The SMILES string of the molecule is CCCC(OC)C(NN)c1csc(C)c1. The molecule has 1 aromatic rings. The van der Waals surface area contributed by atoms with Gasteiger partial charge in [0.25, 0.3) is 0 Å². The van der Waals surface area contributed by atoms with Crippen LogP contribution in [0.1, 0.15) is 36.2 Å². The summed E-state index contributed by atoms with van der Waals surface area (Å²) in [6.45, 7) is 4.25. The van der Waals surface area contributed by atoms with Crippen LogP contribution in [-0.4, -0.2) is 13.2 Å². The van der Waals surface area contributed by atoms with Gasteiger partial charge in [0.15, 0.2) is 0 Å². The van der Waals surface area contributed by atoms with Crippen LogP contribution < -0.4 is 11.3 Å². The number of rotatable bonds is 6. The van der Waals surface area contributed by atoms with Crippen LogP contribution in [0.2, 0.25) is 0 Å². The average Bonchev–Trinajstić information content (AvgIpc) is 2.64. The van der Waals surface area contributed by atoms with Gasteiger partial charge in [-0.05, 0) is 30.4 Å². The summed E-state index contributed by atoms with van der Waals surface area (Å²) in [6.07, 6.45) is 2.26. The molecular weight excluding hydrogens is 208 g/mol. The lowest BCUT2D eigenvalue weighted by Crippen LogP contribution is -2.37. The van der Waals surface area contributed by atoms with Crippen molar-refractivity contribution in [2.45, 2.75) is 38.8 Å². The molecule has 1 aromatic heterocycles. The Hall–Kier alpha value is -0.420. The fourth-order valence-electron chi connectivity index (χ4n) is 1.75. The summed E-state index contributed by atoms with van der Waals surface area (Å²) in [5.41, 5.74) is 4.07. The highest BCUT2D eigenvalue weighted by molar-refractivity contribution is 7.10. The summed E-state index contributed by atoms with van der Waals surface area (Å²) in [6, 6.07) is 2.26. The molecule has 2 unspecified atom stereocenters. The molecule has 0 aliphatic heterocycles. The van der Waals surface area contributed by atoms with E-state index >= 15 is 0 Å². The third kappa shape index (κ3) is 3.28. The number of hydrogen-bond donors (Lipinski definition) is 2. The molecule has 0 bridgehead atoms. The molecule has 1 heterocycles. The summed E-state index contributed by atoms with van der Waals surface area (Å²) in [7, 11) is 1.74. The van der Waals surface area contributed by atoms with E-state index in [1.807, 2.05) is 0 Å². The first kappa shape index (κ1) is 12.6. The third-order valence-corrected chi connectivity index (χ3v) is 3.42. The number of thiophene rings is 1. The van der Waals surface area contributed by atoms with Crippen molar-refractivity contribution in [3.05, 3.63) is 21.9 Å². The zero-order valence-electron chi connectivity index (χ0n) is 9.62. The maximum absolute atomic E-state index is 5.60. The third-order valence-electron chi connectivity index (χ3n) is 2.54. The van der Waals surface area contributed by atoms with Crippen LogP contribution in [0, 0.1) is 6.92 Å². The monoisotopic (exact) mass is 228 g/mol. The van der Waals surface area contributed by atoms with Gasteiger partial charge in [0.05, 0.1) is 12.1 Å². The molecule has 3 nitrogen and oxygen atoms in total. The topological polar surface area (TPSA) is 47.3 Å². The van der Waals surface area contributed by atoms with Crippen LogP contribution in [0.4, 0.5) is 0 Å². The van der Waals surface area contributed by atoms with Crippen molar-refractivity contribution in [3.8, 4) is 0 Å². The van der Waals surface area contributed by atoms with E-state index < -0.39 is 0 Å². The summed E-state index contributed by atoms with van der Waals surface area (Å²) in [4.78, 5) is 1.30. The molecule has 2 atom stereocenters. The van der Waals surface area contributed by atoms with Crippen molar-refractivity contribution in [1.82, 2.24) is 5.43 Å². The highest BCUT2D eigenvalue weighted by Crippen LogP contribution is 2.25. The van der Waals surface area contributed by atoms with Crippen molar-refractivity contribution < 1.29 is 4.74 Å². The summed E-state index contributed by atoms with van der Waals surface area (Å²) in [5.74, 6) is 5.60. The fourth-order valence-corrected chi connectivity index (χ4v) is 2.49. The molecule has 0 fully saturated rings.